The van der Waals surface area contributed by atoms with E-state index in [0.717, 1.165) is 5.56 Å². The van der Waals surface area contributed by atoms with E-state index in [-0.39, 0.29) is 16.8 Å². The summed E-state index contributed by atoms with van der Waals surface area (Å²) in [6.07, 6.45) is 0. The Balaban J connectivity index is 2.10. The van der Waals surface area contributed by atoms with Gasteiger partial charge >= 0.3 is 17.9 Å². The first-order chi connectivity index (χ1) is 13.3. The molecule has 0 spiro atoms. The third-order valence-corrected chi connectivity index (χ3v) is 3.76. The molecule has 1 N–H and O–H groups in total. The molecule has 2 aromatic rings. The van der Waals surface area contributed by atoms with E-state index in [0.29, 0.717) is 5.56 Å². The molecule has 0 aliphatic heterocycles. The van der Waals surface area contributed by atoms with Gasteiger partial charge in [0.25, 0.3) is 5.91 Å². The van der Waals surface area contributed by atoms with Crippen molar-refractivity contribution in [1.29, 1.82) is 0 Å². The van der Waals surface area contributed by atoms with Crippen molar-refractivity contribution in [2.24, 2.45) is 0 Å². The molecular weight excluding hydrogens is 366 g/mol. The van der Waals surface area contributed by atoms with Crippen molar-refractivity contribution in [3.8, 4) is 0 Å². The number of anilines is 1. The molecule has 0 unspecified atom stereocenters. The molecule has 2 rings (SSSR count). The average molecular weight is 385 g/mol. The van der Waals surface area contributed by atoms with E-state index in [1.165, 1.54) is 32.4 Å². The lowest BCUT2D eigenvalue weighted by Gasteiger charge is -2.10. The molecule has 0 atom stereocenters. The number of aryl methyl sites for hydroxylation is 1. The third-order valence-electron chi connectivity index (χ3n) is 3.76. The minimum Gasteiger partial charge on any atom is -0.465 e. The van der Waals surface area contributed by atoms with Gasteiger partial charge in [-0.3, -0.25) is 4.79 Å². The van der Waals surface area contributed by atoms with Gasteiger partial charge < -0.3 is 19.5 Å². The van der Waals surface area contributed by atoms with Gasteiger partial charge in [0, 0.05) is 5.69 Å². The van der Waals surface area contributed by atoms with Crippen molar-refractivity contribution in [1.82, 2.24) is 0 Å². The Labute approximate surface area is 161 Å². The summed E-state index contributed by atoms with van der Waals surface area (Å²) < 4.78 is 14.3. The van der Waals surface area contributed by atoms with E-state index >= 15 is 0 Å². The highest BCUT2D eigenvalue weighted by Crippen LogP contribution is 2.17. The lowest BCUT2D eigenvalue weighted by Crippen LogP contribution is -2.21. The summed E-state index contributed by atoms with van der Waals surface area (Å²) in [7, 11) is 2.38. The lowest BCUT2D eigenvalue weighted by molar-refractivity contribution is -0.119. The summed E-state index contributed by atoms with van der Waals surface area (Å²) in [6.45, 7) is 1.21. The third kappa shape index (κ3) is 5.16. The van der Waals surface area contributed by atoms with Crippen molar-refractivity contribution < 1.29 is 33.4 Å². The van der Waals surface area contributed by atoms with Gasteiger partial charge in [-0.2, -0.15) is 0 Å². The monoisotopic (exact) mass is 385 g/mol. The van der Waals surface area contributed by atoms with Gasteiger partial charge in [-0.05, 0) is 36.8 Å². The number of carbonyl (C=O) groups excluding carboxylic acids is 4. The molecule has 146 valence electrons. The number of benzene rings is 2. The smallest absolute Gasteiger partial charge is 0.338 e. The van der Waals surface area contributed by atoms with Crippen molar-refractivity contribution in [2.45, 2.75) is 6.92 Å². The summed E-state index contributed by atoms with van der Waals surface area (Å²) in [5.74, 6) is -2.65. The van der Waals surface area contributed by atoms with Crippen LogP contribution in [0.5, 0.6) is 0 Å². The van der Waals surface area contributed by atoms with Crippen molar-refractivity contribution >= 4 is 29.5 Å². The summed E-state index contributed by atoms with van der Waals surface area (Å²) >= 11 is 0. The Hall–Kier alpha value is -3.68. The van der Waals surface area contributed by atoms with Crippen LogP contribution in [0.3, 0.4) is 0 Å². The van der Waals surface area contributed by atoms with Gasteiger partial charge in [0.05, 0.1) is 30.9 Å². The van der Waals surface area contributed by atoms with Crippen LogP contribution in [0.15, 0.2) is 42.5 Å². The molecule has 1 amide bonds. The number of rotatable bonds is 6. The zero-order valence-electron chi connectivity index (χ0n) is 15.6. The number of ether oxygens (including phenoxy) is 3. The minimum absolute atomic E-state index is 0.0533. The van der Waals surface area contributed by atoms with Gasteiger partial charge in [0.2, 0.25) is 0 Å². The largest absolute Gasteiger partial charge is 0.465 e. The van der Waals surface area contributed by atoms with Gasteiger partial charge in [0.15, 0.2) is 6.61 Å². The first-order valence-corrected chi connectivity index (χ1v) is 8.20. The van der Waals surface area contributed by atoms with Crippen LogP contribution in [0.25, 0.3) is 0 Å². The molecule has 0 bridgehead atoms. The van der Waals surface area contributed by atoms with Gasteiger partial charge in [0.1, 0.15) is 0 Å². The second kappa shape index (κ2) is 9.31. The highest BCUT2D eigenvalue weighted by atomic mass is 16.5. The number of amides is 1. The van der Waals surface area contributed by atoms with Crippen LogP contribution in [0.4, 0.5) is 5.69 Å². The van der Waals surface area contributed by atoms with Crippen LogP contribution in [-0.2, 0) is 19.0 Å². The predicted octanol–water partition coefficient (Wildman–Crippen LogP) is 2.36. The Morgan fingerprint density at radius 1 is 0.857 bits per heavy atom. The molecule has 8 nitrogen and oxygen atoms in total. The van der Waals surface area contributed by atoms with E-state index in [1.807, 2.05) is 0 Å². The fourth-order valence-electron chi connectivity index (χ4n) is 2.38. The number of carbonyl (C=O) groups is 4. The highest BCUT2D eigenvalue weighted by Gasteiger charge is 2.16. The molecule has 0 heterocycles. The van der Waals surface area contributed by atoms with Crippen LogP contribution in [-0.4, -0.2) is 44.6 Å². The van der Waals surface area contributed by atoms with Crippen LogP contribution in [0, 0.1) is 6.92 Å². The van der Waals surface area contributed by atoms with Crippen LogP contribution in [0.1, 0.15) is 36.6 Å². The van der Waals surface area contributed by atoms with Crippen LogP contribution < -0.4 is 5.32 Å². The molecule has 28 heavy (non-hydrogen) atoms. The number of hydrogen-bond donors (Lipinski definition) is 1. The number of nitrogens with one attached hydrogen (secondary N) is 1. The number of methoxy groups -OCH3 is 2. The molecule has 8 heteroatoms. The normalized spacial score (nSPS) is 9.96. The predicted molar refractivity (Wildman–Crippen MR) is 99.2 cm³/mol. The average Bonchev–Trinajstić information content (AvgIpc) is 2.70. The summed E-state index contributed by atoms with van der Waals surface area (Å²) in [4.78, 5) is 47.7. The number of hydrogen-bond acceptors (Lipinski definition) is 7. The van der Waals surface area contributed by atoms with Gasteiger partial charge in [-0.1, -0.05) is 18.2 Å². The molecule has 0 aromatic heterocycles. The fourth-order valence-corrected chi connectivity index (χ4v) is 2.38. The molecule has 0 aliphatic rings. The first kappa shape index (κ1) is 20.6. The summed E-state index contributed by atoms with van der Waals surface area (Å²) in [5.41, 5.74) is 1.34. The maximum atomic E-state index is 12.1. The van der Waals surface area contributed by atoms with Crippen LogP contribution in [0.2, 0.25) is 0 Å². The zero-order chi connectivity index (χ0) is 20.7. The lowest BCUT2D eigenvalue weighted by atomic mass is 10.1. The van der Waals surface area contributed by atoms with E-state index in [9.17, 15) is 19.2 Å². The highest BCUT2D eigenvalue weighted by molar-refractivity contribution is 6.00. The minimum atomic E-state index is -0.688. The van der Waals surface area contributed by atoms with Crippen LogP contribution >= 0.6 is 0 Å². The van der Waals surface area contributed by atoms with Crippen molar-refractivity contribution in [3.05, 3.63) is 64.7 Å². The molecule has 2 aromatic carbocycles. The van der Waals surface area contributed by atoms with E-state index in [1.54, 1.807) is 31.2 Å². The molecule has 0 radical (unpaired) electrons. The van der Waals surface area contributed by atoms with E-state index in [2.05, 4.69) is 14.8 Å². The molecule has 0 fully saturated rings. The maximum Gasteiger partial charge on any atom is 0.338 e. The fraction of sp³-hybridized carbons (Fsp3) is 0.200. The molecule has 0 saturated carbocycles. The quantitative estimate of drug-likeness (QED) is 0.601. The van der Waals surface area contributed by atoms with E-state index in [4.69, 9.17) is 4.74 Å². The van der Waals surface area contributed by atoms with E-state index < -0.39 is 30.4 Å². The Morgan fingerprint density at radius 2 is 1.43 bits per heavy atom. The van der Waals surface area contributed by atoms with Crippen molar-refractivity contribution in [3.63, 3.8) is 0 Å². The van der Waals surface area contributed by atoms with Crippen molar-refractivity contribution in [2.75, 3.05) is 26.1 Å². The molecule has 0 saturated heterocycles. The molecular formula is C20H19NO7. The Kier molecular flexibility index (Phi) is 6.86. The zero-order valence-corrected chi connectivity index (χ0v) is 15.6. The van der Waals surface area contributed by atoms with Gasteiger partial charge in [-0.15, -0.1) is 0 Å². The summed E-state index contributed by atoms with van der Waals surface area (Å²) in [6, 6.07) is 10.8. The topological polar surface area (TPSA) is 108 Å². The first-order valence-electron chi connectivity index (χ1n) is 8.20. The second-order valence-electron chi connectivity index (χ2n) is 5.72. The molecule has 0 aliphatic carbocycles. The number of esters is 3. The Bertz CT molecular complexity index is 886. The SMILES string of the molecule is COC(=O)c1cc(NC(=O)COC(=O)c2ccccc2C)cc(C(=O)OC)c1. The second-order valence-corrected chi connectivity index (χ2v) is 5.72. The Morgan fingerprint density at radius 3 is 1.96 bits per heavy atom. The summed E-state index contributed by atoms with van der Waals surface area (Å²) in [5, 5.41) is 2.47. The maximum absolute atomic E-state index is 12.1. The standard InChI is InChI=1S/C20H19NO7/c1-12-6-4-5-7-16(12)20(25)28-11-17(22)21-15-9-13(18(23)26-2)8-14(10-15)19(24)27-3/h4-10H,11H2,1-3H3,(H,21,22). The van der Waals surface area contributed by atoms with Gasteiger partial charge in [-0.25, -0.2) is 14.4 Å².